The highest BCUT2D eigenvalue weighted by atomic mass is 32.2. The van der Waals surface area contributed by atoms with Crippen molar-refractivity contribution in [2.24, 2.45) is 0 Å². The zero-order valence-corrected chi connectivity index (χ0v) is 12.9. The minimum atomic E-state index is -1.05. The second-order valence-electron chi connectivity index (χ2n) is 4.40. The first-order valence-electron chi connectivity index (χ1n) is 6.13. The van der Waals surface area contributed by atoms with Gasteiger partial charge in [-0.15, -0.1) is 0 Å². The van der Waals surface area contributed by atoms with Crippen molar-refractivity contribution >= 4 is 35.7 Å². The van der Waals surface area contributed by atoms with E-state index in [0.29, 0.717) is 17.3 Å². The van der Waals surface area contributed by atoms with Gasteiger partial charge in [0.15, 0.2) is 0 Å². The van der Waals surface area contributed by atoms with Crippen LogP contribution in [0.1, 0.15) is 5.56 Å². The Morgan fingerprint density at radius 1 is 1.43 bits per heavy atom. The lowest BCUT2D eigenvalue weighted by Crippen LogP contribution is -2.41. The van der Waals surface area contributed by atoms with Gasteiger partial charge in [0, 0.05) is 43.9 Å². The van der Waals surface area contributed by atoms with Crippen LogP contribution in [0.2, 0.25) is 0 Å². The predicted octanol–water partition coefficient (Wildman–Crippen LogP) is 0.488. The molecule has 0 aliphatic carbocycles. The summed E-state index contributed by atoms with van der Waals surface area (Å²) in [6, 6.07) is -0.899. The zero-order chi connectivity index (χ0) is 15.8. The number of hydrogen-bond donors (Lipinski definition) is 2. The van der Waals surface area contributed by atoms with E-state index in [1.54, 1.807) is 23.5 Å². The number of carboxylic acid groups (broad SMARTS) is 1. The number of amides is 1. The van der Waals surface area contributed by atoms with Crippen molar-refractivity contribution in [1.29, 1.82) is 0 Å². The first-order chi connectivity index (χ1) is 9.93. The molecule has 21 heavy (non-hydrogen) atoms. The number of nitrogens with one attached hydrogen (secondary N) is 1. The molecule has 8 heteroatoms. The van der Waals surface area contributed by atoms with E-state index in [1.165, 1.54) is 23.9 Å². The van der Waals surface area contributed by atoms with Crippen LogP contribution in [0.15, 0.2) is 18.5 Å². The number of hydrogen-bond acceptors (Lipinski definition) is 6. The van der Waals surface area contributed by atoms with Gasteiger partial charge >= 0.3 is 5.97 Å². The molecule has 1 aromatic rings. The molecule has 1 aromatic heterocycles. The van der Waals surface area contributed by atoms with E-state index in [0.717, 1.165) is 0 Å². The number of carboxylic acids is 1. The summed E-state index contributed by atoms with van der Waals surface area (Å²) >= 11 is 1.35. The number of aromatic nitrogens is 2. The SMILES string of the molecule is CSC[C@H](NC(=O)C=Cc1cnc(N(C)C)nc1)C(=O)O. The monoisotopic (exact) mass is 310 g/mol. The van der Waals surface area contributed by atoms with Crippen LogP contribution in [0.3, 0.4) is 0 Å². The van der Waals surface area contributed by atoms with Gasteiger partial charge in [0.1, 0.15) is 6.04 Å². The van der Waals surface area contributed by atoms with Crippen LogP contribution in [0.5, 0.6) is 0 Å². The molecule has 1 rings (SSSR count). The summed E-state index contributed by atoms with van der Waals surface area (Å²) in [5.74, 6) is -0.629. The molecule has 0 radical (unpaired) electrons. The highest BCUT2D eigenvalue weighted by Crippen LogP contribution is 2.04. The largest absolute Gasteiger partial charge is 0.480 e. The summed E-state index contributed by atoms with van der Waals surface area (Å²) in [7, 11) is 3.66. The maximum Gasteiger partial charge on any atom is 0.327 e. The molecule has 0 bridgehead atoms. The second kappa shape index (κ2) is 8.25. The smallest absolute Gasteiger partial charge is 0.327 e. The number of carbonyl (C=O) groups is 2. The maximum atomic E-state index is 11.7. The number of aliphatic carboxylic acids is 1. The van der Waals surface area contributed by atoms with Gasteiger partial charge in [-0.3, -0.25) is 4.79 Å². The molecule has 1 heterocycles. The molecule has 114 valence electrons. The third kappa shape index (κ3) is 5.82. The van der Waals surface area contributed by atoms with E-state index in [2.05, 4.69) is 15.3 Å². The number of nitrogens with zero attached hydrogens (tertiary/aromatic N) is 3. The fraction of sp³-hybridized carbons (Fsp3) is 0.385. The van der Waals surface area contributed by atoms with E-state index < -0.39 is 17.9 Å². The summed E-state index contributed by atoms with van der Waals surface area (Å²) in [6.45, 7) is 0. The number of rotatable bonds is 7. The lowest BCUT2D eigenvalue weighted by Gasteiger charge is -2.11. The summed E-state index contributed by atoms with van der Waals surface area (Å²) < 4.78 is 0. The normalized spacial score (nSPS) is 12.1. The third-order valence-corrected chi connectivity index (χ3v) is 3.10. The van der Waals surface area contributed by atoms with Gasteiger partial charge in [-0.1, -0.05) is 0 Å². The van der Waals surface area contributed by atoms with Gasteiger partial charge in [-0.25, -0.2) is 14.8 Å². The Bertz CT molecular complexity index is 517. The van der Waals surface area contributed by atoms with Gasteiger partial charge < -0.3 is 15.3 Å². The molecule has 2 N–H and O–H groups in total. The first-order valence-corrected chi connectivity index (χ1v) is 7.53. The number of carbonyl (C=O) groups excluding carboxylic acids is 1. The van der Waals surface area contributed by atoms with Gasteiger partial charge in [-0.05, 0) is 12.3 Å². The van der Waals surface area contributed by atoms with E-state index >= 15 is 0 Å². The predicted molar refractivity (Wildman–Crippen MR) is 83.3 cm³/mol. The van der Waals surface area contributed by atoms with Crippen LogP contribution >= 0.6 is 11.8 Å². The second-order valence-corrected chi connectivity index (χ2v) is 5.31. The molecule has 0 aliphatic heterocycles. The van der Waals surface area contributed by atoms with E-state index in [4.69, 9.17) is 5.11 Å². The first kappa shape index (κ1) is 17.0. The number of anilines is 1. The van der Waals surface area contributed by atoms with Crippen LogP contribution < -0.4 is 10.2 Å². The molecule has 0 spiro atoms. The summed E-state index contributed by atoms with van der Waals surface area (Å²) in [6.07, 6.45) is 7.75. The molecule has 7 nitrogen and oxygen atoms in total. The van der Waals surface area contributed by atoms with Crippen molar-refractivity contribution in [2.75, 3.05) is 31.0 Å². The van der Waals surface area contributed by atoms with Crippen LogP contribution in [-0.4, -0.2) is 59.1 Å². The van der Waals surface area contributed by atoms with Crippen molar-refractivity contribution in [3.05, 3.63) is 24.0 Å². The molecular formula is C13H18N4O3S. The fourth-order valence-corrected chi connectivity index (χ4v) is 1.94. The summed E-state index contributed by atoms with van der Waals surface area (Å²) in [5.41, 5.74) is 0.660. The molecular weight excluding hydrogens is 292 g/mol. The van der Waals surface area contributed by atoms with Crippen molar-refractivity contribution < 1.29 is 14.7 Å². The Kier molecular flexibility index (Phi) is 6.67. The maximum absolute atomic E-state index is 11.7. The van der Waals surface area contributed by atoms with Gasteiger partial charge in [0.05, 0.1) is 0 Å². The Balaban J connectivity index is 2.62. The quantitative estimate of drug-likeness (QED) is 0.708. The van der Waals surface area contributed by atoms with Crippen LogP contribution in [0.25, 0.3) is 6.08 Å². The Labute approximate surface area is 127 Å². The van der Waals surface area contributed by atoms with Crippen LogP contribution in [0.4, 0.5) is 5.95 Å². The average molecular weight is 310 g/mol. The minimum Gasteiger partial charge on any atom is -0.480 e. The molecule has 1 amide bonds. The minimum absolute atomic E-state index is 0.315. The topological polar surface area (TPSA) is 95.4 Å². The van der Waals surface area contributed by atoms with Crippen molar-refractivity contribution in [3.8, 4) is 0 Å². The van der Waals surface area contributed by atoms with Gasteiger partial charge in [0.2, 0.25) is 11.9 Å². The molecule has 0 aliphatic rings. The molecule has 0 aromatic carbocycles. The molecule has 1 atom stereocenters. The average Bonchev–Trinajstić information content (AvgIpc) is 2.45. The standard InChI is InChI=1S/C13H18N4O3S/c1-17(2)13-14-6-9(7-15-13)4-5-11(18)16-10(8-21-3)12(19)20/h4-7,10H,8H2,1-3H3,(H,16,18)(H,19,20)/t10-/m0/s1. The molecule has 0 saturated heterocycles. The Morgan fingerprint density at radius 2 is 2.05 bits per heavy atom. The van der Waals surface area contributed by atoms with E-state index in [9.17, 15) is 9.59 Å². The van der Waals surface area contributed by atoms with E-state index in [-0.39, 0.29) is 0 Å². The van der Waals surface area contributed by atoms with Crippen molar-refractivity contribution in [1.82, 2.24) is 15.3 Å². The highest BCUT2D eigenvalue weighted by Gasteiger charge is 2.17. The van der Waals surface area contributed by atoms with E-state index in [1.807, 2.05) is 14.1 Å². The Hall–Kier alpha value is -2.09. The highest BCUT2D eigenvalue weighted by molar-refractivity contribution is 7.98. The number of thioether (sulfide) groups is 1. The summed E-state index contributed by atoms with van der Waals surface area (Å²) in [4.78, 5) is 32.6. The lowest BCUT2D eigenvalue weighted by molar-refractivity contribution is -0.140. The van der Waals surface area contributed by atoms with Gasteiger partial charge in [0.25, 0.3) is 0 Å². The van der Waals surface area contributed by atoms with Crippen molar-refractivity contribution in [2.45, 2.75) is 6.04 Å². The molecule has 0 fully saturated rings. The van der Waals surface area contributed by atoms with Crippen LogP contribution in [-0.2, 0) is 9.59 Å². The van der Waals surface area contributed by atoms with Gasteiger partial charge in [-0.2, -0.15) is 11.8 Å². The Morgan fingerprint density at radius 3 is 2.52 bits per heavy atom. The van der Waals surface area contributed by atoms with Crippen LogP contribution in [0, 0.1) is 0 Å². The zero-order valence-electron chi connectivity index (χ0n) is 12.1. The molecule has 0 saturated carbocycles. The fourth-order valence-electron chi connectivity index (χ4n) is 1.38. The molecule has 0 unspecified atom stereocenters. The summed E-state index contributed by atoms with van der Waals surface area (Å²) in [5, 5.41) is 11.4. The van der Waals surface area contributed by atoms with Crippen molar-refractivity contribution in [3.63, 3.8) is 0 Å². The third-order valence-electron chi connectivity index (χ3n) is 2.43. The lowest BCUT2D eigenvalue weighted by atomic mass is 10.3.